The number of non-ortho nitro benzene ring substituents is 1. The van der Waals surface area contributed by atoms with Gasteiger partial charge in [0, 0.05) is 37.5 Å². The molecule has 0 spiro atoms. The SMILES string of the molecule is COc1cccc(-c2nn(-c3ccc([N+](=O)[O-])cc3[N+](=O)[O-])cc2C2N=C(N)NC(N(C)C)=N2)c1. The molecule has 35 heavy (non-hydrogen) atoms. The Morgan fingerprint density at radius 2 is 1.89 bits per heavy atom. The van der Waals surface area contributed by atoms with Gasteiger partial charge < -0.3 is 15.4 Å². The number of nitrogens with one attached hydrogen (secondary N) is 1. The van der Waals surface area contributed by atoms with Gasteiger partial charge in [0.2, 0.25) is 5.96 Å². The number of ether oxygens (including phenoxy) is 1. The molecule has 14 nitrogen and oxygen atoms in total. The van der Waals surface area contributed by atoms with Gasteiger partial charge in [-0.15, -0.1) is 0 Å². The van der Waals surface area contributed by atoms with Crippen LogP contribution >= 0.6 is 0 Å². The summed E-state index contributed by atoms with van der Waals surface area (Å²) < 4.78 is 6.61. The van der Waals surface area contributed by atoms with Gasteiger partial charge >= 0.3 is 5.69 Å². The van der Waals surface area contributed by atoms with E-state index in [0.29, 0.717) is 28.5 Å². The molecule has 3 N–H and O–H groups in total. The van der Waals surface area contributed by atoms with Crippen molar-refractivity contribution in [1.29, 1.82) is 0 Å². The number of guanidine groups is 2. The Balaban J connectivity index is 1.94. The van der Waals surface area contributed by atoms with Crippen LogP contribution in [0.2, 0.25) is 0 Å². The topological polar surface area (TPSA) is 179 Å². The van der Waals surface area contributed by atoms with E-state index in [-0.39, 0.29) is 11.6 Å². The van der Waals surface area contributed by atoms with Gasteiger partial charge in [-0.2, -0.15) is 5.10 Å². The van der Waals surface area contributed by atoms with Crippen LogP contribution < -0.4 is 15.8 Å². The van der Waals surface area contributed by atoms with E-state index in [4.69, 9.17) is 10.5 Å². The highest BCUT2D eigenvalue weighted by atomic mass is 16.6. The summed E-state index contributed by atoms with van der Waals surface area (Å²) in [7, 11) is 5.10. The molecule has 0 bridgehead atoms. The van der Waals surface area contributed by atoms with Crippen molar-refractivity contribution in [3.05, 3.63) is 74.5 Å². The number of aromatic nitrogens is 2. The molecule has 1 aliphatic rings. The second-order valence-corrected chi connectivity index (χ2v) is 7.66. The fourth-order valence-electron chi connectivity index (χ4n) is 3.48. The van der Waals surface area contributed by atoms with Gasteiger partial charge in [-0.25, -0.2) is 14.7 Å². The number of nitrogens with two attached hydrogens (primary N) is 1. The Kier molecular flexibility index (Phi) is 6.01. The molecule has 2 heterocycles. The lowest BCUT2D eigenvalue weighted by Crippen LogP contribution is -2.46. The van der Waals surface area contributed by atoms with Gasteiger partial charge in [0.15, 0.2) is 12.1 Å². The maximum absolute atomic E-state index is 11.7. The van der Waals surface area contributed by atoms with Crippen LogP contribution in [0.1, 0.15) is 11.7 Å². The van der Waals surface area contributed by atoms with Crippen molar-refractivity contribution in [2.75, 3.05) is 21.2 Å². The second kappa shape index (κ2) is 9.09. The average Bonchev–Trinajstić information content (AvgIpc) is 3.28. The van der Waals surface area contributed by atoms with Crippen LogP contribution in [-0.2, 0) is 0 Å². The molecule has 1 atom stereocenters. The molecule has 3 aromatic rings. The van der Waals surface area contributed by atoms with Crippen LogP contribution in [0.4, 0.5) is 11.4 Å². The number of hydrogen-bond acceptors (Lipinski definition) is 11. The highest BCUT2D eigenvalue weighted by molar-refractivity contribution is 5.99. The number of methoxy groups -OCH3 is 1. The van der Waals surface area contributed by atoms with E-state index in [9.17, 15) is 20.2 Å². The molecule has 1 aliphatic heterocycles. The standard InChI is InChI=1S/C21H21N9O5/c1-27(2)21-24-19(23-20(22)25-21)15-11-28(26-18(15)12-5-4-6-14(9-12)35-3)16-8-7-13(29(31)32)10-17(16)30(33)34/h4-11,19H,1-3H3,(H3,22,23,24,25). The maximum Gasteiger partial charge on any atom is 0.301 e. The van der Waals surface area contributed by atoms with Gasteiger partial charge in [0.25, 0.3) is 5.69 Å². The maximum atomic E-state index is 11.7. The van der Waals surface area contributed by atoms with Crippen LogP contribution in [-0.4, -0.2) is 57.7 Å². The predicted molar refractivity (Wildman–Crippen MR) is 127 cm³/mol. The average molecular weight is 479 g/mol. The van der Waals surface area contributed by atoms with Crippen LogP contribution in [0.5, 0.6) is 5.75 Å². The molecule has 0 aliphatic carbocycles. The van der Waals surface area contributed by atoms with Gasteiger partial charge in [-0.05, 0) is 18.2 Å². The Morgan fingerprint density at radius 3 is 2.54 bits per heavy atom. The van der Waals surface area contributed by atoms with Gasteiger partial charge in [-0.1, -0.05) is 12.1 Å². The second-order valence-electron chi connectivity index (χ2n) is 7.66. The van der Waals surface area contributed by atoms with E-state index in [0.717, 1.165) is 6.07 Å². The quantitative estimate of drug-likeness (QED) is 0.396. The molecule has 14 heteroatoms. The Labute approximate surface area is 198 Å². The van der Waals surface area contributed by atoms with Crippen molar-refractivity contribution in [2.45, 2.75) is 6.17 Å². The predicted octanol–water partition coefficient (Wildman–Crippen LogP) is 2.20. The van der Waals surface area contributed by atoms with Crippen molar-refractivity contribution in [3.8, 4) is 22.7 Å². The number of nitro groups is 2. The highest BCUT2D eigenvalue weighted by Crippen LogP contribution is 2.35. The summed E-state index contributed by atoms with van der Waals surface area (Å²) >= 11 is 0. The van der Waals surface area contributed by atoms with Gasteiger partial charge in [0.1, 0.15) is 17.1 Å². The third-order valence-electron chi connectivity index (χ3n) is 5.15. The highest BCUT2D eigenvalue weighted by Gasteiger charge is 2.27. The minimum absolute atomic E-state index is 0.0405. The first-order valence-electron chi connectivity index (χ1n) is 10.2. The van der Waals surface area contributed by atoms with E-state index in [1.54, 1.807) is 49.5 Å². The van der Waals surface area contributed by atoms with Gasteiger partial charge in [-0.3, -0.25) is 25.5 Å². The minimum Gasteiger partial charge on any atom is -0.497 e. The molecule has 0 fully saturated rings. The molecule has 2 aromatic carbocycles. The normalized spacial score (nSPS) is 15.0. The zero-order valence-corrected chi connectivity index (χ0v) is 18.9. The summed E-state index contributed by atoms with van der Waals surface area (Å²) in [4.78, 5) is 32.2. The fraction of sp³-hybridized carbons (Fsp3) is 0.190. The first-order valence-corrected chi connectivity index (χ1v) is 10.2. The van der Waals surface area contributed by atoms with Crippen molar-refractivity contribution in [2.24, 2.45) is 15.7 Å². The third-order valence-corrected chi connectivity index (χ3v) is 5.15. The van der Waals surface area contributed by atoms with Crippen molar-refractivity contribution >= 4 is 23.3 Å². The largest absolute Gasteiger partial charge is 0.497 e. The van der Waals surface area contributed by atoms with Gasteiger partial charge in [0.05, 0.1) is 23.0 Å². The number of rotatable bonds is 6. The van der Waals surface area contributed by atoms with Crippen LogP contribution in [0.3, 0.4) is 0 Å². The van der Waals surface area contributed by atoms with Crippen LogP contribution in [0.15, 0.2) is 58.6 Å². The number of aliphatic imine (C=N–C) groups is 2. The van der Waals surface area contributed by atoms with Crippen molar-refractivity contribution in [3.63, 3.8) is 0 Å². The summed E-state index contributed by atoms with van der Waals surface area (Å²) in [6.07, 6.45) is 0.743. The fourth-order valence-corrected chi connectivity index (χ4v) is 3.48. The summed E-state index contributed by atoms with van der Waals surface area (Å²) in [5.41, 5.74) is 6.73. The number of benzene rings is 2. The zero-order chi connectivity index (χ0) is 25.3. The number of hydrogen-bond donors (Lipinski definition) is 2. The summed E-state index contributed by atoms with van der Waals surface area (Å²) in [5.74, 6) is 1.18. The van der Waals surface area contributed by atoms with E-state index in [2.05, 4.69) is 20.4 Å². The smallest absolute Gasteiger partial charge is 0.301 e. The molecule has 0 saturated carbocycles. The van der Waals surface area contributed by atoms with E-state index >= 15 is 0 Å². The molecule has 4 rings (SSSR count). The van der Waals surface area contributed by atoms with E-state index in [1.165, 1.54) is 23.9 Å². The first kappa shape index (κ1) is 23.2. The minimum atomic E-state index is -0.805. The van der Waals surface area contributed by atoms with Crippen molar-refractivity contribution in [1.82, 2.24) is 20.0 Å². The molecule has 0 radical (unpaired) electrons. The summed E-state index contributed by atoms with van der Waals surface area (Å²) in [5, 5.41) is 30.3. The molecule has 1 unspecified atom stereocenters. The lowest BCUT2D eigenvalue weighted by molar-refractivity contribution is -0.394. The Bertz CT molecular complexity index is 1380. The summed E-state index contributed by atoms with van der Waals surface area (Å²) in [6.45, 7) is 0. The number of nitrogens with zero attached hydrogens (tertiary/aromatic N) is 7. The molecule has 0 amide bonds. The zero-order valence-electron chi connectivity index (χ0n) is 18.9. The van der Waals surface area contributed by atoms with Crippen LogP contribution in [0.25, 0.3) is 16.9 Å². The van der Waals surface area contributed by atoms with Crippen LogP contribution in [0, 0.1) is 20.2 Å². The monoisotopic (exact) mass is 479 g/mol. The Morgan fingerprint density at radius 1 is 1.11 bits per heavy atom. The third kappa shape index (κ3) is 4.57. The Hall–Kier alpha value is -5.01. The first-order chi connectivity index (χ1) is 16.7. The lowest BCUT2D eigenvalue weighted by atomic mass is 10.1. The lowest BCUT2D eigenvalue weighted by Gasteiger charge is -2.23. The molecule has 180 valence electrons. The molecular weight excluding hydrogens is 458 g/mol. The molecule has 0 saturated heterocycles. The van der Waals surface area contributed by atoms with Crippen molar-refractivity contribution < 1.29 is 14.6 Å². The number of nitro benzene ring substituents is 2. The van der Waals surface area contributed by atoms with E-state index in [1.807, 2.05) is 0 Å². The molecule has 1 aromatic heterocycles. The summed E-state index contributed by atoms with van der Waals surface area (Å²) in [6, 6.07) is 10.4. The van der Waals surface area contributed by atoms with E-state index < -0.39 is 27.4 Å². The molecular formula is C21H21N9O5.